The molecule has 0 aliphatic heterocycles. The monoisotopic (exact) mass is 377 g/mol. The molecule has 5 heteroatoms. The number of aliphatic hydroxyl groups is 1. The van der Waals surface area contributed by atoms with Crippen LogP contribution in [0.3, 0.4) is 0 Å². The molecule has 23 heavy (non-hydrogen) atoms. The van der Waals surface area contributed by atoms with E-state index < -0.39 is 5.60 Å². The summed E-state index contributed by atoms with van der Waals surface area (Å²) in [7, 11) is 4.19. The molecule has 1 N–H and O–H groups in total. The summed E-state index contributed by atoms with van der Waals surface area (Å²) in [6.07, 6.45) is 6.95. The Morgan fingerprint density at radius 3 is 2.43 bits per heavy atom. The maximum absolute atomic E-state index is 11.5. The van der Waals surface area contributed by atoms with Gasteiger partial charge in [-0.3, -0.25) is 0 Å². The molecule has 0 saturated heterocycles. The third-order valence-corrected chi connectivity index (χ3v) is 6.51. The Labute approximate surface area is 155 Å². The van der Waals surface area contributed by atoms with Crippen LogP contribution in [0, 0.1) is 0 Å². The first-order chi connectivity index (χ1) is 10.4. The SMILES string of the molecule is CN(C)CCC12CCCCC1(O)CCc1cc(Cl)c(Cl)cc12.Cl. The van der Waals surface area contributed by atoms with E-state index in [9.17, 15) is 5.11 Å². The maximum atomic E-state index is 11.5. The van der Waals surface area contributed by atoms with Crippen molar-refractivity contribution in [1.82, 2.24) is 4.90 Å². The number of fused-ring (bicyclic) bond motifs is 3. The van der Waals surface area contributed by atoms with Crippen molar-refractivity contribution >= 4 is 35.6 Å². The van der Waals surface area contributed by atoms with E-state index in [2.05, 4.69) is 19.0 Å². The smallest absolute Gasteiger partial charge is 0.0747 e. The molecule has 0 amide bonds. The largest absolute Gasteiger partial charge is 0.389 e. The van der Waals surface area contributed by atoms with Crippen LogP contribution >= 0.6 is 35.6 Å². The Bertz CT molecular complexity index is 578. The molecule has 2 nitrogen and oxygen atoms in total. The van der Waals surface area contributed by atoms with Gasteiger partial charge in [0.1, 0.15) is 0 Å². The van der Waals surface area contributed by atoms with Gasteiger partial charge in [-0.1, -0.05) is 36.0 Å². The molecular formula is C18H26Cl3NO. The lowest BCUT2D eigenvalue weighted by Gasteiger charge is -2.55. The Balaban J connectivity index is 0.00000192. The van der Waals surface area contributed by atoms with Crippen molar-refractivity contribution in [3.8, 4) is 0 Å². The van der Waals surface area contributed by atoms with Gasteiger partial charge in [-0.25, -0.2) is 0 Å². The molecular weight excluding hydrogens is 353 g/mol. The summed E-state index contributed by atoms with van der Waals surface area (Å²) in [5.74, 6) is 0. The van der Waals surface area contributed by atoms with E-state index in [1.165, 1.54) is 17.5 Å². The van der Waals surface area contributed by atoms with E-state index in [0.29, 0.717) is 10.0 Å². The lowest BCUT2D eigenvalue weighted by Crippen LogP contribution is -2.57. The quantitative estimate of drug-likeness (QED) is 0.812. The Morgan fingerprint density at radius 1 is 1.09 bits per heavy atom. The third-order valence-electron chi connectivity index (χ3n) is 5.79. The number of aryl methyl sites for hydroxylation is 1. The van der Waals surface area contributed by atoms with Gasteiger partial charge in [-0.2, -0.15) is 0 Å². The zero-order valence-electron chi connectivity index (χ0n) is 13.9. The molecule has 2 unspecified atom stereocenters. The topological polar surface area (TPSA) is 23.5 Å². The number of halogens is 3. The summed E-state index contributed by atoms with van der Waals surface area (Å²) >= 11 is 12.5. The van der Waals surface area contributed by atoms with Crippen LogP contribution in [-0.4, -0.2) is 36.2 Å². The molecule has 1 fully saturated rings. The molecule has 2 aliphatic rings. The maximum Gasteiger partial charge on any atom is 0.0747 e. The predicted molar refractivity (Wildman–Crippen MR) is 100 cm³/mol. The second-order valence-corrected chi connectivity index (χ2v) is 8.11. The highest BCUT2D eigenvalue weighted by Crippen LogP contribution is 2.55. The van der Waals surface area contributed by atoms with Crippen LogP contribution in [0.5, 0.6) is 0 Å². The summed E-state index contributed by atoms with van der Waals surface area (Å²) in [4.78, 5) is 2.20. The van der Waals surface area contributed by atoms with Gasteiger partial charge in [-0.05, 0) is 76.0 Å². The van der Waals surface area contributed by atoms with Crippen LogP contribution in [0.1, 0.15) is 49.7 Å². The van der Waals surface area contributed by atoms with Gasteiger partial charge < -0.3 is 10.0 Å². The molecule has 1 aromatic carbocycles. The number of benzene rings is 1. The van der Waals surface area contributed by atoms with E-state index in [4.69, 9.17) is 23.2 Å². The zero-order valence-corrected chi connectivity index (χ0v) is 16.2. The summed E-state index contributed by atoms with van der Waals surface area (Å²) in [5, 5.41) is 12.7. The second-order valence-electron chi connectivity index (χ2n) is 7.30. The highest BCUT2D eigenvalue weighted by atomic mass is 35.5. The van der Waals surface area contributed by atoms with Gasteiger partial charge in [0.2, 0.25) is 0 Å². The van der Waals surface area contributed by atoms with Crippen molar-refractivity contribution in [1.29, 1.82) is 0 Å². The molecule has 0 heterocycles. The predicted octanol–water partition coefficient (Wildman–Crippen LogP) is 4.86. The van der Waals surface area contributed by atoms with E-state index in [0.717, 1.165) is 45.1 Å². The third kappa shape index (κ3) is 3.26. The van der Waals surface area contributed by atoms with Crippen LogP contribution in [0.4, 0.5) is 0 Å². The minimum atomic E-state index is -0.592. The minimum Gasteiger partial charge on any atom is -0.389 e. The van der Waals surface area contributed by atoms with E-state index in [1.807, 2.05) is 12.1 Å². The Morgan fingerprint density at radius 2 is 1.74 bits per heavy atom. The Kier molecular flexibility index (Phi) is 5.96. The average Bonchev–Trinajstić information content (AvgIpc) is 2.47. The minimum absolute atomic E-state index is 0. The molecule has 3 rings (SSSR count). The molecule has 2 aliphatic carbocycles. The number of hydrogen-bond acceptors (Lipinski definition) is 2. The summed E-state index contributed by atoms with van der Waals surface area (Å²) in [6, 6.07) is 4.05. The van der Waals surface area contributed by atoms with Crippen LogP contribution in [0.2, 0.25) is 10.0 Å². The van der Waals surface area contributed by atoms with Crippen molar-refractivity contribution in [2.24, 2.45) is 0 Å². The molecule has 0 aromatic heterocycles. The van der Waals surface area contributed by atoms with Crippen LogP contribution < -0.4 is 0 Å². The first-order valence-corrected chi connectivity index (χ1v) is 8.99. The van der Waals surface area contributed by atoms with Crippen molar-refractivity contribution in [2.75, 3.05) is 20.6 Å². The van der Waals surface area contributed by atoms with Gasteiger partial charge in [0.25, 0.3) is 0 Å². The molecule has 1 aromatic rings. The fourth-order valence-corrected chi connectivity index (χ4v) is 4.90. The molecule has 2 atom stereocenters. The van der Waals surface area contributed by atoms with Crippen molar-refractivity contribution in [3.63, 3.8) is 0 Å². The van der Waals surface area contributed by atoms with Gasteiger partial charge >= 0.3 is 0 Å². The molecule has 130 valence electrons. The summed E-state index contributed by atoms with van der Waals surface area (Å²) in [6.45, 7) is 0.974. The fraction of sp³-hybridized carbons (Fsp3) is 0.667. The highest BCUT2D eigenvalue weighted by molar-refractivity contribution is 6.42. The van der Waals surface area contributed by atoms with Crippen LogP contribution in [-0.2, 0) is 11.8 Å². The summed E-state index contributed by atoms with van der Waals surface area (Å²) < 4.78 is 0. The first-order valence-electron chi connectivity index (χ1n) is 8.23. The van der Waals surface area contributed by atoms with Gasteiger partial charge in [0, 0.05) is 5.41 Å². The number of nitrogens with zero attached hydrogens (tertiary/aromatic N) is 1. The van der Waals surface area contributed by atoms with Crippen LogP contribution in [0.25, 0.3) is 0 Å². The molecule has 1 saturated carbocycles. The standard InChI is InChI=1S/C18H25Cl2NO.ClH/c1-21(2)10-9-17-6-3-4-7-18(17,22)8-5-13-11-15(19)16(20)12-14(13)17;/h11-12,22H,3-10H2,1-2H3;1H. The molecule has 0 bridgehead atoms. The number of hydrogen-bond donors (Lipinski definition) is 1. The first kappa shape index (κ1) is 19.3. The Hall–Kier alpha value is 0.01000. The average molecular weight is 379 g/mol. The lowest BCUT2D eigenvalue weighted by molar-refractivity contribution is -0.0887. The highest BCUT2D eigenvalue weighted by Gasteiger charge is 2.54. The van der Waals surface area contributed by atoms with E-state index in [1.54, 1.807) is 0 Å². The van der Waals surface area contributed by atoms with E-state index >= 15 is 0 Å². The van der Waals surface area contributed by atoms with Crippen molar-refractivity contribution in [2.45, 2.75) is 56.0 Å². The van der Waals surface area contributed by atoms with Gasteiger partial charge in [0.05, 0.1) is 15.6 Å². The molecule has 0 spiro atoms. The van der Waals surface area contributed by atoms with Gasteiger partial charge in [-0.15, -0.1) is 12.4 Å². The van der Waals surface area contributed by atoms with Crippen molar-refractivity contribution in [3.05, 3.63) is 33.3 Å². The normalized spacial score (nSPS) is 29.7. The second kappa shape index (κ2) is 7.09. The summed E-state index contributed by atoms with van der Waals surface area (Å²) in [5.41, 5.74) is 1.76. The van der Waals surface area contributed by atoms with E-state index in [-0.39, 0.29) is 17.8 Å². The van der Waals surface area contributed by atoms with Crippen molar-refractivity contribution < 1.29 is 5.11 Å². The lowest BCUT2D eigenvalue weighted by atomic mass is 9.53. The fourth-order valence-electron chi connectivity index (χ4n) is 4.55. The molecule has 0 radical (unpaired) electrons. The van der Waals surface area contributed by atoms with Crippen LogP contribution in [0.15, 0.2) is 12.1 Å². The zero-order chi connectivity index (χ0) is 16.0. The van der Waals surface area contributed by atoms with Gasteiger partial charge in [0.15, 0.2) is 0 Å². The number of rotatable bonds is 3.